The number of rotatable bonds is 3. The molecule has 4 heteroatoms. The molecule has 0 amide bonds. The van der Waals surface area contributed by atoms with Crippen LogP contribution in [0, 0.1) is 11.3 Å². The number of anilines is 1. The first kappa shape index (κ1) is 12.2. The highest BCUT2D eigenvalue weighted by molar-refractivity contribution is 5.91. The van der Waals surface area contributed by atoms with Crippen molar-refractivity contribution < 1.29 is 9.90 Å². The van der Waals surface area contributed by atoms with E-state index in [1.165, 1.54) is 11.6 Å². The highest BCUT2D eigenvalue weighted by Gasteiger charge is 2.24. The summed E-state index contributed by atoms with van der Waals surface area (Å²) in [6, 6.07) is 10.1. The van der Waals surface area contributed by atoms with Gasteiger partial charge in [-0.15, -0.1) is 0 Å². The van der Waals surface area contributed by atoms with Crippen molar-refractivity contribution in [1.82, 2.24) is 0 Å². The fourth-order valence-corrected chi connectivity index (χ4v) is 2.28. The van der Waals surface area contributed by atoms with Crippen LogP contribution in [0.25, 0.3) is 0 Å². The van der Waals surface area contributed by atoms with E-state index in [1.807, 2.05) is 18.2 Å². The molecule has 0 aromatic heterocycles. The molecule has 0 saturated carbocycles. The van der Waals surface area contributed by atoms with Crippen molar-refractivity contribution in [3.05, 3.63) is 41.5 Å². The Balaban J connectivity index is 2.21. The first-order chi connectivity index (χ1) is 8.63. The summed E-state index contributed by atoms with van der Waals surface area (Å²) < 4.78 is 0. The zero-order chi connectivity index (χ0) is 13.1. The third kappa shape index (κ3) is 2.21. The summed E-state index contributed by atoms with van der Waals surface area (Å²) in [6.07, 6.45) is 2.43. The molecule has 1 aliphatic heterocycles. The summed E-state index contributed by atoms with van der Waals surface area (Å²) in [5.41, 5.74) is 2.20. The molecule has 1 heterocycles. The number of benzene rings is 1. The molecule has 18 heavy (non-hydrogen) atoms. The highest BCUT2D eigenvalue weighted by Crippen LogP contribution is 2.31. The minimum Gasteiger partial charge on any atom is -0.477 e. The summed E-state index contributed by atoms with van der Waals surface area (Å²) in [7, 11) is 0. The van der Waals surface area contributed by atoms with E-state index in [-0.39, 0.29) is 5.57 Å². The Morgan fingerprint density at radius 2 is 2.33 bits per heavy atom. The van der Waals surface area contributed by atoms with Gasteiger partial charge in [0.05, 0.1) is 0 Å². The number of carboxylic acids is 1. The van der Waals surface area contributed by atoms with Crippen LogP contribution in [0.1, 0.15) is 12.5 Å². The molecule has 1 atom stereocenters. The van der Waals surface area contributed by atoms with Gasteiger partial charge in [-0.3, -0.25) is 0 Å². The van der Waals surface area contributed by atoms with E-state index < -0.39 is 5.97 Å². The second kappa shape index (κ2) is 4.92. The average Bonchev–Trinajstić information content (AvgIpc) is 2.66. The van der Waals surface area contributed by atoms with Gasteiger partial charge in [-0.25, -0.2) is 4.79 Å². The van der Waals surface area contributed by atoms with Crippen molar-refractivity contribution in [3.8, 4) is 6.07 Å². The molecule has 0 aliphatic carbocycles. The van der Waals surface area contributed by atoms with Gasteiger partial charge < -0.3 is 10.0 Å². The van der Waals surface area contributed by atoms with E-state index in [4.69, 9.17) is 10.4 Å². The van der Waals surface area contributed by atoms with E-state index in [0.29, 0.717) is 12.6 Å². The molecule has 0 radical (unpaired) electrons. The van der Waals surface area contributed by atoms with Crippen LogP contribution >= 0.6 is 0 Å². The summed E-state index contributed by atoms with van der Waals surface area (Å²) in [6.45, 7) is 2.55. The molecule has 1 aliphatic rings. The number of fused-ring (bicyclic) bond motifs is 1. The summed E-state index contributed by atoms with van der Waals surface area (Å²) in [5, 5.41) is 17.5. The molecule has 0 spiro atoms. The first-order valence-corrected chi connectivity index (χ1v) is 5.81. The Kier molecular flexibility index (Phi) is 3.33. The van der Waals surface area contributed by atoms with E-state index in [0.717, 1.165) is 12.1 Å². The molecular weight excluding hydrogens is 228 g/mol. The summed E-state index contributed by atoms with van der Waals surface area (Å²) in [5.74, 6) is -1.17. The summed E-state index contributed by atoms with van der Waals surface area (Å²) >= 11 is 0. The lowest BCUT2D eigenvalue weighted by atomic mass is 10.1. The van der Waals surface area contributed by atoms with Crippen molar-refractivity contribution >= 4 is 11.7 Å². The lowest BCUT2D eigenvalue weighted by Gasteiger charge is -2.23. The molecule has 1 unspecified atom stereocenters. The van der Waals surface area contributed by atoms with Crippen molar-refractivity contribution in [2.45, 2.75) is 19.4 Å². The fraction of sp³-hybridized carbons (Fsp3) is 0.286. The molecule has 92 valence electrons. The number of carboxylic acid groups (broad SMARTS) is 1. The molecule has 1 aromatic carbocycles. The van der Waals surface area contributed by atoms with E-state index >= 15 is 0 Å². The van der Waals surface area contributed by atoms with Crippen LogP contribution in [0.2, 0.25) is 0 Å². The van der Waals surface area contributed by atoms with Gasteiger partial charge in [0, 0.05) is 18.3 Å². The van der Waals surface area contributed by atoms with Gasteiger partial charge >= 0.3 is 5.97 Å². The summed E-state index contributed by atoms with van der Waals surface area (Å²) in [4.78, 5) is 12.9. The van der Waals surface area contributed by atoms with Gasteiger partial charge in [0.1, 0.15) is 11.6 Å². The number of hydrogen-bond acceptors (Lipinski definition) is 3. The molecular formula is C14H14N2O2. The Bertz CT molecular complexity index is 543. The van der Waals surface area contributed by atoms with Crippen LogP contribution in [0.3, 0.4) is 0 Å². The third-order valence-corrected chi connectivity index (χ3v) is 3.19. The standard InChI is InChI=1S/C14H14N2O2/c1-10-8-11-4-2-3-5-13(11)16(10)7-6-12(9-15)14(17)18/h2-6,10H,7-8H2,1H3,(H,17,18)/b12-6-. The Labute approximate surface area is 106 Å². The molecule has 1 N–H and O–H groups in total. The number of carbonyl (C=O) groups is 1. The van der Waals surface area contributed by atoms with Crippen molar-refractivity contribution in [1.29, 1.82) is 5.26 Å². The molecule has 0 saturated heterocycles. The Morgan fingerprint density at radius 1 is 1.61 bits per heavy atom. The van der Waals surface area contributed by atoms with Gasteiger partial charge in [-0.1, -0.05) is 18.2 Å². The van der Waals surface area contributed by atoms with E-state index in [9.17, 15) is 4.79 Å². The molecule has 0 fully saturated rings. The highest BCUT2D eigenvalue weighted by atomic mass is 16.4. The fourth-order valence-electron chi connectivity index (χ4n) is 2.28. The molecule has 1 aromatic rings. The van der Waals surface area contributed by atoms with Crippen molar-refractivity contribution in [2.75, 3.05) is 11.4 Å². The number of hydrogen-bond donors (Lipinski definition) is 1. The van der Waals surface area contributed by atoms with Crippen LogP contribution in [-0.2, 0) is 11.2 Å². The van der Waals surface area contributed by atoms with Crippen LogP contribution in [-0.4, -0.2) is 23.7 Å². The van der Waals surface area contributed by atoms with E-state index in [2.05, 4.69) is 17.9 Å². The van der Waals surface area contributed by atoms with Crippen LogP contribution in [0.5, 0.6) is 0 Å². The topological polar surface area (TPSA) is 64.3 Å². The first-order valence-electron chi connectivity index (χ1n) is 5.81. The zero-order valence-corrected chi connectivity index (χ0v) is 10.1. The SMILES string of the molecule is CC1Cc2ccccc2N1C/C=C(/C#N)C(=O)O. The molecule has 0 bridgehead atoms. The van der Waals surface area contributed by atoms with Gasteiger partial charge in [-0.2, -0.15) is 5.26 Å². The molecule has 4 nitrogen and oxygen atoms in total. The maximum absolute atomic E-state index is 10.8. The lowest BCUT2D eigenvalue weighted by Crippen LogP contribution is -2.29. The van der Waals surface area contributed by atoms with E-state index in [1.54, 1.807) is 6.07 Å². The largest absolute Gasteiger partial charge is 0.477 e. The maximum Gasteiger partial charge on any atom is 0.346 e. The number of para-hydroxylation sites is 1. The number of nitrogens with zero attached hydrogens (tertiary/aromatic N) is 2. The minimum absolute atomic E-state index is 0.202. The van der Waals surface area contributed by atoms with Crippen LogP contribution in [0.15, 0.2) is 35.9 Å². The lowest BCUT2D eigenvalue weighted by molar-refractivity contribution is -0.132. The second-order valence-corrected chi connectivity index (χ2v) is 4.37. The van der Waals surface area contributed by atoms with Gasteiger partial charge in [0.15, 0.2) is 0 Å². The predicted molar refractivity (Wildman–Crippen MR) is 68.3 cm³/mol. The van der Waals surface area contributed by atoms with Gasteiger partial charge in [0.25, 0.3) is 0 Å². The van der Waals surface area contributed by atoms with Crippen LogP contribution in [0.4, 0.5) is 5.69 Å². The van der Waals surface area contributed by atoms with Crippen molar-refractivity contribution in [3.63, 3.8) is 0 Å². The maximum atomic E-state index is 10.8. The Morgan fingerprint density at radius 3 is 3.00 bits per heavy atom. The third-order valence-electron chi connectivity index (χ3n) is 3.19. The van der Waals surface area contributed by atoms with Crippen LogP contribution < -0.4 is 4.90 Å². The quantitative estimate of drug-likeness (QED) is 0.650. The number of nitriles is 1. The monoisotopic (exact) mass is 242 g/mol. The smallest absolute Gasteiger partial charge is 0.346 e. The van der Waals surface area contributed by atoms with Crippen molar-refractivity contribution in [2.24, 2.45) is 0 Å². The normalized spacial score (nSPS) is 18.3. The van der Waals surface area contributed by atoms with Gasteiger partial charge in [0.2, 0.25) is 0 Å². The predicted octanol–water partition coefficient (Wildman–Crippen LogP) is 1.97. The van der Waals surface area contributed by atoms with Gasteiger partial charge in [-0.05, 0) is 31.1 Å². The second-order valence-electron chi connectivity index (χ2n) is 4.37. The Hall–Kier alpha value is -2.28. The zero-order valence-electron chi connectivity index (χ0n) is 10.1. The average molecular weight is 242 g/mol. The number of aliphatic carboxylic acids is 1. The molecule has 2 rings (SSSR count). The minimum atomic E-state index is -1.17.